The maximum atomic E-state index is 13.4. The van der Waals surface area contributed by atoms with Gasteiger partial charge in [0.2, 0.25) is 0 Å². The zero-order chi connectivity index (χ0) is 28.5. The van der Waals surface area contributed by atoms with Crippen LogP contribution in [0.3, 0.4) is 0 Å². The number of rotatable bonds is 9. The summed E-state index contributed by atoms with van der Waals surface area (Å²) in [4.78, 5) is 32.3. The number of hydrogen-bond acceptors (Lipinski definition) is 7. The molecule has 2 saturated carbocycles. The van der Waals surface area contributed by atoms with Crippen molar-refractivity contribution in [2.45, 2.75) is 89.8 Å². The van der Waals surface area contributed by atoms with Crippen LogP contribution in [0.25, 0.3) is 0 Å². The number of aliphatic hydroxyl groups is 1. The lowest BCUT2D eigenvalue weighted by molar-refractivity contribution is -0.136. The standard InChI is InChI=1S/C31H44FN3O5/c1-21-17-23(32)10-14-29(21)40-25-12-8-22(9-13-25)7-11-24(37)18-34-28-6-4-2-3-5-27(28)30(33)31(38)35-15-16-39-26(19-35)20-36/h10,14,17,22,25-26,36H,2-9,11-13,15-16,18-20,33H2,1H3/t22?,25?,26-/m1/s1. The number of ether oxygens (including phenoxy) is 2. The molecule has 0 bridgehead atoms. The van der Waals surface area contributed by atoms with E-state index in [1.807, 2.05) is 6.92 Å². The van der Waals surface area contributed by atoms with Crippen LogP contribution in [0.15, 0.2) is 34.5 Å². The van der Waals surface area contributed by atoms with E-state index in [9.17, 15) is 19.1 Å². The van der Waals surface area contributed by atoms with Crippen molar-refractivity contribution in [1.82, 2.24) is 4.90 Å². The second kappa shape index (κ2) is 14.7. The Labute approximate surface area is 236 Å². The van der Waals surface area contributed by atoms with E-state index >= 15 is 0 Å². The number of aliphatic imine (C=N–C) groups is 1. The van der Waals surface area contributed by atoms with Gasteiger partial charge in [-0.1, -0.05) is 6.42 Å². The van der Waals surface area contributed by atoms with Crippen LogP contribution in [0.1, 0.15) is 76.2 Å². The molecule has 1 atom stereocenters. The van der Waals surface area contributed by atoms with Gasteiger partial charge < -0.3 is 25.2 Å². The molecule has 0 aromatic heterocycles. The number of amides is 1. The van der Waals surface area contributed by atoms with E-state index in [0.717, 1.165) is 80.4 Å². The van der Waals surface area contributed by atoms with Gasteiger partial charge in [0.05, 0.1) is 32.0 Å². The van der Waals surface area contributed by atoms with Gasteiger partial charge >= 0.3 is 0 Å². The number of aryl methyl sites for hydroxylation is 1. The molecule has 3 fully saturated rings. The largest absolute Gasteiger partial charge is 0.490 e. The van der Waals surface area contributed by atoms with Crippen molar-refractivity contribution in [2.75, 3.05) is 32.8 Å². The maximum absolute atomic E-state index is 13.4. The van der Waals surface area contributed by atoms with Crippen molar-refractivity contribution in [3.05, 3.63) is 40.8 Å². The summed E-state index contributed by atoms with van der Waals surface area (Å²) in [7, 11) is 0. The van der Waals surface area contributed by atoms with Crippen LogP contribution in [-0.2, 0) is 14.3 Å². The number of Topliss-reactive ketones (excluding diaryl/α,β-unsaturated/α-hetero) is 1. The fraction of sp³-hybridized carbons (Fsp3) is 0.645. The number of allylic oxidation sites excluding steroid dienone is 1. The van der Waals surface area contributed by atoms with Gasteiger partial charge in [-0.2, -0.15) is 0 Å². The van der Waals surface area contributed by atoms with E-state index in [1.165, 1.54) is 12.1 Å². The van der Waals surface area contributed by atoms with E-state index in [0.29, 0.717) is 38.5 Å². The summed E-state index contributed by atoms with van der Waals surface area (Å²) < 4.78 is 24.9. The van der Waals surface area contributed by atoms with E-state index in [1.54, 1.807) is 11.0 Å². The average molecular weight is 558 g/mol. The highest BCUT2D eigenvalue weighted by Gasteiger charge is 2.28. The number of nitrogens with two attached hydrogens (primary N) is 1. The molecular weight excluding hydrogens is 513 g/mol. The average Bonchev–Trinajstić information content (AvgIpc) is 3.22. The minimum atomic E-state index is -0.392. The highest BCUT2D eigenvalue weighted by atomic mass is 19.1. The third kappa shape index (κ3) is 8.36. The summed E-state index contributed by atoms with van der Waals surface area (Å²) in [6.07, 6.45) is 9.30. The van der Waals surface area contributed by atoms with Crippen molar-refractivity contribution in [3.8, 4) is 5.75 Å². The molecule has 3 aliphatic rings. The zero-order valence-electron chi connectivity index (χ0n) is 23.7. The lowest BCUT2D eigenvalue weighted by atomic mass is 9.84. The van der Waals surface area contributed by atoms with Gasteiger partial charge in [0.15, 0.2) is 5.78 Å². The van der Waals surface area contributed by atoms with Gasteiger partial charge in [0, 0.05) is 30.8 Å². The number of benzene rings is 1. The van der Waals surface area contributed by atoms with Gasteiger partial charge in [-0.15, -0.1) is 0 Å². The van der Waals surface area contributed by atoms with Crippen molar-refractivity contribution < 1.29 is 28.6 Å². The molecule has 1 heterocycles. The number of nitrogens with zero attached hydrogens (tertiary/aromatic N) is 2. The molecule has 220 valence electrons. The van der Waals surface area contributed by atoms with Gasteiger partial charge in [0.1, 0.15) is 17.3 Å². The Morgan fingerprint density at radius 2 is 1.95 bits per heavy atom. The summed E-state index contributed by atoms with van der Waals surface area (Å²) in [6.45, 7) is 2.96. The fourth-order valence-corrected chi connectivity index (χ4v) is 5.94. The first-order valence-electron chi connectivity index (χ1n) is 14.8. The third-order valence-electron chi connectivity index (χ3n) is 8.38. The Morgan fingerprint density at radius 3 is 2.70 bits per heavy atom. The van der Waals surface area contributed by atoms with Gasteiger partial charge in [-0.3, -0.25) is 14.6 Å². The number of hydrogen-bond donors (Lipinski definition) is 2. The highest BCUT2D eigenvalue weighted by Crippen LogP contribution is 2.31. The van der Waals surface area contributed by atoms with Gasteiger partial charge in [-0.25, -0.2) is 4.39 Å². The van der Waals surface area contributed by atoms with Crippen molar-refractivity contribution in [3.63, 3.8) is 0 Å². The minimum absolute atomic E-state index is 0.111. The molecule has 1 saturated heterocycles. The van der Waals surface area contributed by atoms with Crippen molar-refractivity contribution >= 4 is 17.4 Å². The van der Waals surface area contributed by atoms with E-state index in [-0.39, 0.29) is 42.5 Å². The number of halogens is 1. The molecule has 4 rings (SSSR count). The molecule has 0 radical (unpaired) electrons. The van der Waals surface area contributed by atoms with Crippen LogP contribution in [0, 0.1) is 18.7 Å². The molecule has 0 unspecified atom stereocenters. The lowest BCUT2D eigenvalue weighted by Gasteiger charge is -2.32. The van der Waals surface area contributed by atoms with E-state index in [4.69, 9.17) is 15.2 Å². The number of aliphatic hydroxyl groups excluding tert-OH is 1. The molecule has 8 nitrogen and oxygen atoms in total. The molecule has 0 spiro atoms. The molecule has 1 aromatic rings. The first-order valence-corrected chi connectivity index (χ1v) is 14.8. The Kier molecular flexibility index (Phi) is 11.1. The van der Waals surface area contributed by atoms with Crippen LogP contribution in [0.5, 0.6) is 5.75 Å². The Hall–Kier alpha value is -2.78. The number of carbonyl (C=O) groups is 2. The molecule has 9 heteroatoms. The predicted molar refractivity (Wildman–Crippen MR) is 152 cm³/mol. The van der Waals surface area contributed by atoms with Crippen LogP contribution in [0.2, 0.25) is 0 Å². The Balaban J connectivity index is 1.27. The predicted octanol–water partition coefficient (Wildman–Crippen LogP) is 4.26. The fourth-order valence-electron chi connectivity index (χ4n) is 5.94. The molecule has 3 N–H and O–H groups in total. The quantitative estimate of drug-likeness (QED) is 0.346. The van der Waals surface area contributed by atoms with Gasteiger partial charge in [-0.05, 0) is 94.4 Å². The lowest BCUT2D eigenvalue weighted by Crippen LogP contribution is -2.48. The molecule has 40 heavy (non-hydrogen) atoms. The number of morpholine rings is 1. The Morgan fingerprint density at radius 1 is 1.18 bits per heavy atom. The zero-order valence-corrected chi connectivity index (χ0v) is 23.7. The summed E-state index contributed by atoms with van der Waals surface area (Å²) in [5.41, 5.74) is 8.98. The first kappa shape index (κ1) is 30.2. The molecule has 1 amide bonds. The van der Waals surface area contributed by atoms with Crippen molar-refractivity contribution in [1.29, 1.82) is 0 Å². The molecule has 1 aromatic carbocycles. The molecule has 2 aliphatic carbocycles. The maximum Gasteiger partial charge on any atom is 0.270 e. The summed E-state index contributed by atoms with van der Waals surface area (Å²) >= 11 is 0. The summed E-state index contributed by atoms with van der Waals surface area (Å²) in [5, 5.41) is 9.42. The molecule has 1 aliphatic heterocycles. The third-order valence-corrected chi connectivity index (χ3v) is 8.38. The monoisotopic (exact) mass is 557 g/mol. The second-order valence-electron chi connectivity index (χ2n) is 11.4. The topological polar surface area (TPSA) is 114 Å². The summed E-state index contributed by atoms with van der Waals surface area (Å²) in [5.74, 6) is 0.847. The number of carbonyl (C=O) groups excluding carboxylic acids is 2. The smallest absolute Gasteiger partial charge is 0.270 e. The highest BCUT2D eigenvalue weighted by molar-refractivity contribution is 6.08. The SMILES string of the molecule is Cc1cc(F)ccc1OC1CCC(CCC(=O)CN=C2CCCCCC2=C(N)C(=O)N2CCO[C@@H](CO)C2)CC1. The van der Waals surface area contributed by atoms with Crippen molar-refractivity contribution in [2.24, 2.45) is 16.6 Å². The van der Waals surface area contributed by atoms with Crippen LogP contribution in [0.4, 0.5) is 4.39 Å². The van der Waals surface area contributed by atoms with Gasteiger partial charge in [0.25, 0.3) is 5.91 Å². The van der Waals surface area contributed by atoms with Crippen LogP contribution >= 0.6 is 0 Å². The van der Waals surface area contributed by atoms with Crippen LogP contribution in [-0.4, -0.2) is 72.5 Å². The normalized spacial score (nSPS) is 26.3. The Bertz CT molecular complexity index is 1100. The molecular formula is C31H44FN3O5. The first-order chi connectivity index (χ1) is 19.3. The minimum Gasteiger partial charge on any atom is -0.490 e. The summed E-state index contributed by atoms with van der Waals surface area (Å²) in [6, 6.07) is 4.62. The number of ketones is 1. The van der Waals surface area contributed by atoms with Crippen LogP contribution < -0.4 is 10.5 Å². The van der Waals surface area contributed by atoms with E-state index < -0.39 is 6.10 Å². The van der Waals surface area contributed by atoms with E-state index in [2.05, 4.69) is 4.99 Å². The second-order valence-corrected chi connectivity index (χ2v) is 11.4.